The second-order valence-corrected chi connectivity index (χ2v) is 11.6. The third-order valence-electron chi connectivity index (χ3n) is 7.28. The number of benzene rings is 1. The van der Waals surface area contributed by atoms with Gasteiger partial charge in [-0.2, -0.15) is 17.7 Å². The number of aryl methyl sites for hydroxylation is 1. The molecule has 5 rings (SSSR count). The Kier molecular flexibility index (Phi) is 9.22. The lowest BCUT2D eigenvalue weighted by Crippen LogP contribution is -2.34. The molecule has 2 fully saturated rings. The van der Waals surface area contributed by atoms with Gasteiger partial charge in [0.1, 0.15) is 17.6 Å². The molecule has 0 radical (unpaired) electrons. The van der Waals surface area contributed by atoms with Gasteiger partial charge in [0, 0.05) is 38.3 Å². The van der Waals surface area contributed by atoms with Crippen molar-refractivity contribution < 1.29 is 21.6 Å². The van der Waals surface area contributed by atoms with Crippen molar-refractivity contribution >= 4 is 45.3 Å². The second kappa shape index (κ2) is 12.3. The number of pyridine rings is 1. The summed E-state index contributed by atoms with van der Waals surface area (Å²) < 4.78 is 73.3. The fraction of sp³-hybridized carbons (Fsp3) is 0.480. The van der Waals surface area contributed by atoms with Crippen LogP contribution in [0.2, 0.25) is 0 Å². The summed E-state index contributed by atoms with van der Waals surface area (Å²) in [5.74, 6) is -1.35. The summed E-state index contributed by atoms with van der Waals surface area (Å²) in [6.07, 6.45) is 3.37. The van der Waals surface area contributed by atoms with E-state index in [1.807, 2.05) is 0 Å². The van der Waals surface area contributed by atoms with Gasteiger partial charge in [0.2, 0.25) is 5.95 Å². The van der Waals surface area contributed by atoms with Crippen LogP contribution in [0.1, 0.15) is 25.7 Å². The van der Waals surface area contributed by atoms with Crippen molar-refractivity contribution in [2.24, 2.45) is 13.0 Å². The summed E-state index contributed by atoms with van der Waals surface area (Å²) in [4.78, 5) is 21.9. The lowest BCUT2D eigenvalue weighted by atomic mass is 9.95. The lowest BCUT2D eigenvalue weighted by molar-refractivity contribution is 0.343. The van der Waals surface area contributed by atoms with Gasteiger partial charge in [-0.1, -0.05) is 0 Å². The van der Waals surface area contributed by atoms with E-state index in [-0.39, 0.29) is 43.1 Å². The molecule has 15 heteroatoms. The average Bonchev–Trinajstić information content (AvgIpc) is 3.37. The van der Waals surface area contributed by atoms with Crippen LogP contribution in [-0.4, -0.2) is 66.2 Å². The number of fused-ring (bicyclic) bond motifs is 1. The van der Waals surface area contributed by atoms with Gasteiger partial charge in [0.25, 0.3) is 5.56 Å². The van der Waals surface area contributed by atoms with Crippen LogP contribution in [0.4, 0.5) is 24.8 Å². The maximum atomic E-state index is 15.5. The zero-order valence-electron chi connectivity index (χ0n) is 21.8. The van der Waals surface area contributed by atoms with Crippen molar-refractivity contribution in [3.8, 4) is 11.1 Å². The quantitative estimate of drug-likeness (QED) is 0.363. The Bertz CT molecular complexity index is 1550. The smallest absolute Gasteiger partial charge is 0.301 e. The first-order chi connectivity index (χ1) is 18.6. The van der Waals surface area contributed by atoms with Crippen LogP contribution in [0.15, 0.2) is 29.2 Å². The summed E-state index contributed by atoms with van der Waals surface area (Å²) in [6.45, 7) is 2.27. The number of halogens is 4. The molecule has 1 aromatic carbocycles. The van der Waals surface area contributed by atoms with E-state index >= 15 is 4.39 Å². The van der Waals surface area contributed by atoms with E-state index in [2.05, 4.69) is 25.3 Å². The van der Waals surface area contributed by atoms with Gasteiger partial charge in [-0.3, -0.25) is 14.1 Å². The average molecular weight is 602 g/mol. The van der Waals surface area contributed by atoms with Crippen molar-refractivity contribution in [2.45, 2.75) is 31.9 Å². The Morgan fingerprint density at radius 3 is 2.62 bits per heavy atom. The molecule has 2 aliphatic heterocycles. The number of alkyl halides is 1. The Hall–Kier alpha value is -2.94. The second-order valence-electron chi connectivity index (χ2n) is 9.94. The Morgan fingerprint density at radius 1 is 1.18 bits per heavy atom. The van der Waals surface area contributed by atoms with Crippen LogP contribution < -0.4 is 20.9 Å². The van der Waals surface area contributed by atoms with Crippen molar-refractivity contribution in [3.63, 3.8) is 0 Å². The van der Waals surface area contributed by atoms with E-state index in [1.165, 1.54) is 23.9 Å². The number of piperidine rings is 1. The summed E-state index contributed by atoms with van der Waals surface area (Å²) in [5.41, 5.74) is -2.01. The number of nitrogens with one attached hydrogen (secondary N) is 3. The highest BCUT2D eigenvalue weighted by Crippen LogP contribution is 2.31. The predicted molar refractivity (Wildman–Crippen MR) is 150 cm³/mol. The molecule has 40 heavy (non-hydrogen) atoms. The molecule has 1 atom stereocenters. The van der Waals surface area contributed by atoms with Crippen LogP contribution in [0.3, 0.4) is 0 Å². The summed E-state index contributed by atoms with van der Waals surface area (Å²) >= 11 is 0. The minimum absolute atomic E-state index is 0. The number of hydrogen-bond acceptors (Lipinski definition) is 7. The fourth-order valence-corrected chi connectivity index (χ4v) is 6.33. The number of anilines is 2. The Balaban J connectivity index is 0.00000370. The highest BCUT2D eigenvalue weighted by molar-refractivity contribution is 7.90. The van der Waals surface area contributed by atoms with Crippen LogP contribution in [-0.2, 0) is 17.3 Å². The molecule has 0 amide bonds. The molecule has 4 heterocycles. The van der Waals surface area contributed by atoms with Crippen molar-refractivity contribution in [2.75, 3.05) is 42.8 Å². The maximum Gasteiger partial charge on any atom is 0.301 e. The minimum atomic E-state index is -4.29. The van der Waals surface area contributed by atoms with Crippen LogP contribution in [0.25, 0.3) is 22.2 Å². The predicted octanol–water partition coefficient (Wildman–Crippen LogP) is 3.20. The number of hydrogen-bond donors (Lipinski definition) is 3. The molecule has 1 unspecified atom stereocenters. The first-order valence-corrected chi connectivity index (χ1v) is 14.3. The normalized spacial score (nSPS) is 18.6. The van der Waals surface area contributed by atoms with Gasteiger partial charge in [0.05, 0.1) is 16.8 Å². The van der Waals surface area contributed by atoms with Crippen LogP contribution >= 0.6 is 12.4 Å². The van der Waals surface area contributed by atoms with Crippen molar-refractivity contribution in [3.05, 3.63) is 46.4 Å². The Labute approximate surface area is 236 Å². The summed E-state index contributed by atoms with van der Waals surface area (Å²) in [6, 6.07) is 3.07. The van der Waals surface area contributed by atoms with Gasteiger partial charge in [0.15, 0.2) is 5.82 Å². The largest absolute Gasteiger partial charge is 0.354 e. The number of aromatic nitrogens is 3. The van der Waals surface area contributed by atoms with Crippen LogP contribution in [0.5, 0.6) is 0 Å². The minimum Gasteiger partial charge on any atom is -0.354 e. The molecule has 218 valence electrons. The zero-order chi connectivity index (χ0) is 27.7. The SMILES string of the molecule is Cl.Cn1c(=O)c(-c2c(F)ccc(NS(=O)(=O)N3CCC(F)C3)c2F)cc2cnc(NCCC3CCNCC3)nc21. The Morgan fingerprint density at radius 2 is 1.93 bits per heavy atom. The highest BCUT2D eigenvalue weighted by Gasteiger charge is 2.32. The van der Waals surface area contributed by atoms with Crippen LogP contribution in [0, 0.1) is 17.6 Å². The monoisotopic (exact) mass is 601 g/mol. The topological polar surface area (TPSA) is 121 Å². The van der Waals surface area contributed by atoms with Gasteiger partial charge >= 0.3 is 10.2 Å². The third-order valence-corrected chi connectivity index (χ3v) is 8.77. The first kappa shape index (κ1) is 30.0. The fourth-order valence-electron chi connectivity index (χ4n) is 5.06. The molecule has 3 aromatic rings. The molecular weight excluding hydrogens is 571 g/mol. The zero-order valence-corrected chi connectivity index (χ0v) is 23.4. The molecule has 0 spiro atoms. The molecule has 0 aliphatic carbocycles. The number of rotatable bonds is 8. The van der Waals surface area contributed by atoms with E-state index in [1.54, 1.807) is 0 Å². The van der Waals surface area contributed by atoms with Gasteiger partial charge in [-0.15, -0.1) is 12.4 Å². The van der Waals surface area contributed by atoms with Crippen molar-refractivity contribution in [1.29, 1.82) is 0 Å². The molecule has 10 nitrogen and oxygen atoms in total. The summed E-state index contributed by atoms with van der Waals surface area (Å²) in [7, 11) is -2.85. The molecule has 3 N–H and O–H groups in total. The van der Waals surface area contributed by atoms with E-state index < -0.39 is 44.8 Å². The third kappa shape index (κ3) is 6.19. The number of nitrogens with zero attached hydrogens (tertiary/aromatic N) is 4. The molecular formula is C25H31ClF3N7O3S. The van der Waals surface area contributed by atoms with Gasteiger partial charge < -0.3 is 10.6 Å². The van der Waals surface area contributed by atoms with E-state index in [9.17, 15) is 22.0 Å². The summed E-state index contributed by atoms with van der Waals surface area (Å²) in [5, 5.41) is 6.88. The standard InChI is InChI=1S/C25H30F3N7O3S.ClH/c1-34-23-16(13-31-25(32-23)30-10-6-15-4-8-29-9-5-15)12-18(24(34)36)21-19(27)2-3-20(22(21)28)33-39(37,38)35-11-7-17(26)14-35;/h2-3,12-13,15,17,29,33H,4-11,14H2,1H3,(H,30,31,32);1H. The maximum absolute atomic E-state index is 15.5. The highest BCUT2D eigenvalue weighted by atomic mass is 35.5. The lowest BCUT2D eigenvalue weighted by Gasteiger charge is -2.22. The molecule has 0 bridgehead atoms. The molecule has 2 aliphatic rings. The molecule has 2 saturated heterocycles. The van der Waals surface area contributed by atoms with Gasteiger partial charge in [-0.05, 0) is 62.9 Å². The van der Waals surface area contributed by atoms with E-state index in [0.29, 0.717) is 23.8 Å². The first-order valence-electron chi connectivity index (χ1n) is 12.9. The molecule has 2 aromatic heterocycles. The van der Waals surface area contributed by atoms with Crippen molar-refractivity contribution in [1.82, 2.24) is 24.2 Å². The molecule has 0 saturated carbocycles. The van der Waals surface area contributed by atoms with E-state index in [4.69, 9.17) is 0 Å². The van der Waals surface area contributed by atoms with E-state index in [0.717, 1.165) is 48.8 Å². The van der Waals surface area contributed by atoms with Gasteiger partial charge in [-0.25, -0.2) is 18.2 Å².